The number of piperazine rings is 1. The second-order valence-electron chi connectivity index (χ2n) is 15.4. The van der Waals surface area contributed by atoms with Gasteiger partial charge in [-0.05, 0) is 123 Å². The molecule has 0 saturated carbocycles. The van der Waals surface area contributed by atoms with Crippen molar-refractivity contribution in [3.05, 3.63) is 148 Å². The zero-order chi connectivity index (χ0) is 46.1. The first-order valence-corrected chi connectivity index (χ1v) is 24.6. The summed E-state index contributed by atoms with van der Waals surface area (Å²) in [7, 11) is -0.252. The van der Waals surface area contributed by atoms with E-state index in [0.29, 0.717) is 66.0 Å². The maximum Gasteiger partial charge on any atom is 0.293 e. The van der Waals surface area contributed by atoms with Gasteiger partial charge in [0.15, 0.2) is 0 Å². The molecule has 6 aromatic rings. The van der Waals surface area contributed by atoms with E-state index in [-0.39, 0.29) is 27.9 Å². The van der Waals surface area contributed by atoms with E-state index in [9.17, 15) is 32.1 Å². The zero-order valence-corrected chi connectivity index (χ0v) is 38.7. The molecule has 20 heteroatoms. The van der Waals surface area contributed by atoms with E-state index in [4.69, 9.17) is 11.6 Å². The highest BCUT2D eigenvalue weighted by Gasteiger charge is 2.25. The van der Waals surface area contributed by atoms with Crippen molar-refractivity contribution in [2.24, 2.45) is 0 Å². The molecule has 2 atom stereocenters. The molecule has 0 radical (unpaired) electrons. The first kappa shape index (κ1) is 47.0. The molecular weight excluding hydrogens is 910 g/mol. The van der Waals surface area contributed by atoms with E-state index < -0.39 is 37.8 Å². The number of aromatic nitrogens is 2. The van der Waals surface area contributed by atoms with Crippen LogP contribution >= 0.6 is 23.4 Å². The van der Waals surface area contributed by atoms with Crippen molar-refractivity contribution in [1.82, 2.24) is 20.0 Å². The van der Waals surface area contributed by atoms with Crippen molar-refractivity contribution in [3.8, 4) is 16.9 Å². The van der Waals surface area contributed by atoms with Gasteiger partial charge in [0.25, 0.3) is 21.6 Å². The summed E-state index contributed by atoms with van der Waals surface area (Å²) in [5.41, 5.74) is 4.08. The Morgan fingerprint density at radius 3 is 2.23 bits per heavy atom. The average Bonchev–Trinajstić information content (AvgIpc) is 3.75. The van der Waals surface area contributed by atoms with Gasteiger partial charge in [-0.1, -0.05) is 41.9 Å². The van der Waals surface area contributed by atoms with Crippen LogP contribution < -0.4 is 25.2 Å². The summed E-state index contributed by atoms with van der Waals surface area (Å²) in [5, 5.41) is 23.0. The molecule has 1 aliphatic rings. The summed E-state index contributed by atoms with van der Waals surface area (Å²) in [6.07, 6.45) is 2.13. The summed E-state index contributed by atoms with van der Waals surface area (Å²) in [6, 6.07) is 35.4. The van der Waals surface area contributed by atoms with Crippen LogP contribution in [-0.4, -0.2) is 107 Å². The second kappa shape index (κ2) is 21.4. The molecule has 2 heterocycles. The Kier molecular flexibility index (Phi) is 15.4. The van der Waals surface area contributed by atoms with E-state index in [2.05, 4.69) is 30.3 Å². The predicted molar refractivity (Wildman–Crippen MR) is 258 cm³/mol. The first-order chi connectivity index (χ1) is 31.2. The van der Waals surface area contributed by atoms with Crippen LogP contribution in [-0.2, 0) is 21.1 Å². The topological polar surface area (TPSA) is 198 Å². The average molecular weight is 958 g/mol. The molecule has 1 fully saturated rings. The van der Waals surface area contributed by atoms with Gasteiger partial charge in [-0.2, -0.15) is 5.10 Å². The third-order valence-electron chi connectivity index (χ3n) is 10.6. The number of sulfonamides is 1. The SMILES string of the molecule is CN(C)CC[C@H](CSc1ccccc1)Nc1ccc(S(=O)(=O)Nc2ccc(N3CCN(c4cccc(-c5c(C(=O)NCS(=O)[O-])cnn5-c5ccc(Cl)cc5)c4)CC3)cc2)cc1[N+](=O)[O-]. The molecule has 3 N–H and O–H groups in total. The highest BCUT2D eigenvalue weighted by Crippen LogP contribution is 2.33. The lowest BCUT2D eigenvalue weighted by molar-refractivity contribution is -0.384. The number of hydrogen-bond donors (Lipinski definition) is 3. The maximum absolute atomic E-state index is 13.6. The molecule has 0 bridgehead atoms. The number of nitro benzene ring substituents is 1. The van der Waals surface area contributed by atoms with Crippen molar-refractivity contribution in [2.45, 2.75) is 22.3 Å². The smallest absolute Gasteiger partial charge is 0.293 e. The molecule has 7 rings (SSSR count). The Morgan fingerprint density at radius 2 is 1.57 bits per heavy atom. The van der Waals surface area contributed by atoms with Crippen LogP contribution in [0.4, 0.5) is 28.4 Å². The lowest BCUT2D eigenvalue weighted by Gasteiger charge is -2.37. The number of carbonyl (C=O) groups excluding carboxylic acids is 1. The fraction of sp³-hybridized carbons (Fsp3) is 0.244. The van der Waals surface area contributed by atoms with Gasteiger partial charge in [-0.25, -0.2) is 13.1 Å². The van der Waals surface area contributed by atoms with Crippen molar-refractivity contribution in [1.29, 1.82) is 0 Å². The molecule has 0 spiro atoms. The van der Waals surface area contributed by atoms with Crippen molar-refractivity contribution >= 4 is 78.8 Å². The molecule has 1 unspecified atom stereocenters. The first-order valence-electron chi connectivity index (χ1n) is 20.5. The lowest BCUT2D eigenvalue weighted by atomic mass is 10.1. The quantitative estimate of drug-likeness (QED) is 0.0316. The van der Waals surface area contributed by atoms with Crippen LogP contribution in [0.1, 0.15) is 16.8 Å². The van der Waals surface area contributed by atoms with Gasteiger partial charge in [-0.3, -0.25) is 23.8 Å². The van der Waals surface area contributed by atoms with Gasteiger partial charge in [0, 0.05) is 76.6 Å². The molecule has 1 aromatic heterocycles. The fourth-order valence-corrected chi connectivity index (χ4v) is 9.76. The van der Waals surface area contributed by atoms with E-state index in [1.165, 1.54) is 18.3 Å². The van der Waals surface area contributed by atoms with Gasteiger partial charge in [-0.15, -0.1) is 11.8 Å². The minimum absolute atomic E-state index is 0.125. The molecule has 65 heavy (non-hydrogen) atoms. The van der Waals surface area contributed by atoms with Crippen molar-refractivity contribution in [3.63, 3.8) is 0 Å². The second-order valence-corrected chi connectivity index (χ2v) is 19.5. The minimum atomic E-state index is -4.18. The number of halogens is 1. The van der Waals surface area contributed by atoms with Gasteiger partial charge in [0.2, 0.25) is 0 Å². The van der Waals surface area contributed by atoms with Crippen LogP contribution in [0.15, 0.2) is 137 Å². The molecule has 1 saturated heterocycles. The number of nitrogens with one attached hydrogen (secondary N) is 3. The van der Waals surface area contributed by atoms with Crippen LogP contribution in [0.3, 0.4) is 0 Å². The molecule has 16 nitrogen and oxygen atoms in total. The van der Waals surface area contributed by atoms with E-state index in [1.54, 1.807) is 52.8 Å². The number of amides is 1. The Bertz CT molecular complexity index is 2740. The predicted octanol–water partition coefficient (Wildman–Crippen LogP) is 7.32. The maximum atomic E-state index is 13.6. The summed E-state index contributed by atoms with van der Waals surface area (Å²) in [4.78, 5) is 32.2. The monoisotopic (exact) mass is 956 g/mol. The Labute approximate surface area is 389 Å². The Morgan fingerprint density at radius 1 is 0.892 bits per heavy atom. The molecule has 340 valence electrons. The molecule has 5 aromatic carbocycles. The number of anilines is 4. The number of rotatable bonds is 19. The summed E-state index contributed by atoms with van der Waals surface area (Å²) in [6.45, 7) is 3.38. The van der Waals surface area contributed by atoms with Crippen LogP contribution in [0.25, 0.3) is 16.9 Å². The number of nitrogens with zero attached hydrogens (tertiary/aromatic N) is 6. The number of thioether (sulfide) groups is 1. The van der Waals surface area contributed by atoms with Gasteiger partial charge < -0.3 is 29.9 Å². The van der Waals surface area contributed by atoms with Crippen molar-refractivity contribution in [2.75, 3.05) is 78.3 Å². The number of nitro groups is 1. The lowest BCUT2D eigenvalue weighted by Crippen LogP contribution is -2.46. The molecule has 0 aliphatic carbocycles. The van der Waals surface area contributed by atoms with Gasteiger partial charge in [0.05, 0.1) is 38.8 Å². The number of hydrogen-bond acceptors (Lipinski definition) is 13. The van der Waals surface area contributed by atoms with E-state index in [0.717, 1.165) is 28.9 Å². The zero-order valence-electron chi connectivity index (χ0n) is 35.5. The van der Waals surface area contributed by atoms with E-state index >= 15 is 0 Å². The standard InChI is InChI=1S/C45H48ClN9O7S3/c1-51(2)22-21-35(30-63-39-9-4-3-5-10-39)49-42-20-19-40(28-43(42)55(57)58)65(61,62)50-34-13-17-36(18-14-34)52-23-25-53(26-24-52)38-8-6-7-32(27-38)44-41(45(56)47-31-64(59)60)29-48-54(44)37-15-11-33(46)12-16-37/h3-20,27-29,35,49-50H,21-26,30-31H2,1-2H3,(H,47,56)(H,59,60)/p-1/t35-/m1/s1. The summed E-state index contributed by atoms with van der Waals surface area (Å²) < 4.78 is 53.8. The molecule has 1 amide bonds. The summed E-state index contributed by atoms with van der Waals surface area (Å²) >= 11 is 5.31. The minimum Gasteiger partial charge on any atom is -0.771 e. The highest BCUT2D eigenvalue weighted by molar-refractivity contribution is 7.99. The van der Waals surface area contributed by atoms with Gasteiger partial charge in [0.1, 0.15) is 5.69 Å². The van der Waals surface area contributed by atoms with Crippen LogP contribution in [0, 0.1) is 10.1 Å². The molecule has 1 aliphatic heterocycles. The Balaban J connectivity index is 1.00. The normalized spacial score (nSPS) is 13.9. The van der Waals surface area contributed by atoms with Crippen LogP contribution in [0.5, 0.6) is 0 Å². The third kappa shape index (κ3) is 12.2. The number of carbonyl (C=O) groups is 1. The summed E-state index contributed by atoms with van der Waals surface area (Å²) in [5.74, 6) is -0.471. The fourth-order valence-electron chi connectivity index (χ4n) is 7.31. The largest absolute Gasteiger partial charge is 0.771 e. The molecular formula is C45H47ClN9O7S3-. The van der Waals surface area contributed by atoms with E-state index in [1.807, 2.05) is 85.7 Å². The van der Waals surface area contributed by atoms with Crippen LogP contribution in [0.2, 0.25) is 5.02 Å². The van der Waals surface area contributed by atoms with Crippen molar-refractivity contribution < 1.29 is 26.9 Å². The third-order valence-corrected chi connectivity index (χ3v) is 13.8. The highest BCUT2D eigenvalue weighted by atomic mass is 35.5. The number of benzene rings is 5. The van der Waals surface area contributed by atoms with Gasteiger partial charge >= 0.3 is 0 Å². The Hall–Kier alpha value is -5.96.